The monoisotopic (exact) mass is 346 g/mol. The summed E-state index contributed by atoms with van der Waals surface area (Å²) < 4.78 is 10.3. The molecule has 1 aliphatic rings. The minimum Gasteiger partial charge on any atom is -0.507 e. The minimum absolute atomic E-state index is 0.0332. The smallest absolute Gasteiger partial charge is 0.339 e. The largest absolute Gasteiger partial charge is 0.507 e. The number of carbonyl (C=O) groups excluding carboxylic acids is 1. The maximum Gasteiger partial charge on any atom is 0.339 e. The van der Waals surface area contributed by atoms with Crippen LogP contribution in [0.2, 0.25) is 0 Å². The number of hydrogen-bond donors (Lipinski definition) is 2. The summed E-state index contributed by atoms with van der Waals surface area (Å²) in [5.74, 6) is -0.889. The molecule has 1 aromatic carbocycles. The maximum absolute atomic E-state index is 11.6. The number of phenols is 1. The molecule has 1 aromatic rings. The molecule has 0 fully saturated rings. The molecule has 6 nitrogen and oxygen atoms in total. The lowest BCUT2D eigenvalue weighted by atomic mass is 9.99. The van der Waals surface area contributed by atoms with Crippen LogP contribution >= 0.6 is 0 Å². The topological polar surface area (TPSA) is 93.1 Å². The molecular weight excluding hydrogens is 324 g/mol. The SMILES string of the molecule is COc1cc2c(c(O)c1CC=C(C)CCC=C(C)C(=O)O)COC2=O. The zero-order chi connectivity index (χ0) is 18.6. The number of methoxy groups -OCH3 is 1. The summed E-state index contributed by atoms with van der Waals surface area (Å²) in [6, 6.07) is 1.60. The Bertz CT molecular complexity index is 758. The zero-order valence-electron chi connectivity index (χ0n) is 14.6. The summed E-state index contributed by atoms with van der Waals surface area (Å²) >= 11 is 0. The predicted octanol–water partition coefficient (Wildman–Crippen LogP) is 3.37. The number of carbonyl (C=O) groups is 2. The van der Waals surface area contributed by atoms with E-state index in [0.29, 0.717) is 40.9 Å². The van der Waals surface area contributed by atoms with E-state index in [9.17, 15) is 14.7 Å². The van der Waals surface area contributed by atoms with Gasteiger partial charge in [0.15, 0.2) is 0 Å². The van der Waals surface area contributed by atoms with Gasteiger partial charge in [-0.3, -0.25) is 0 Å². The van der Waals surface area contributed by atoms with Crippen LogP contribution in [-0.4, -0.2) is 29.3 Å². The molecule has 2 rings (SSSR count). The van der Waals surface area contributed by atoms with Crippen LogP contribution in [0, 0.1) is 0 Å². The Morgan fingerprint density at radius 1 is 1.36 bits per heavy atom. The standard InChI is InChI=1S/C19H22O6/c1-11(5-4-6-12(2)18(21)22)7-8-13-16(24-3)9-14-15(17(13)20)10-25-19(14)23/h6-7,9,20H,4-5,8,10H2,1-3H3,(H,21,22). The van der Waals surface area contributed by atoms with Gasteiger partial charge in [0.2, 0.25) is 0 Å². The second-order valence-electron chi connectivity index (χ2n) is 5.99. The zero-order valence-corrected chi connectivity index (χ0v) is 14.6. The lowest BCUT2D eigenvalue weighted by Gasteiger charge is -2.12. The average molecular weight is 346 g/mol. The highest BCUT2D eigenvalue weighted by molar-refractivity contribution is 5.95. The van der Waals surface area contributed by atoms with E-state index < -0.39 is 11.9 Å². The molecule has 134 valence electrons. The third kappa shape index (κ3) is 4.21. The number of fused-ring (bicyclic) bond motifs is 1. The van der Waals surface area contributed by atoms with Crippen LogP contribution in [0.5, 0.6) is 11.5 Å². The van der Waals surface area contributed by atoms with E-state index in [2.05, 4.69) is 0 Å². The average Bonchev–Trinajstić information content (AvgIpc) is 2.94. The van der Waals surface area contributed by atoms with Gasteiger partial charge in [0.25, 0.3) is 0 Å². The number of aromatic hydroxyl groups is 1. The molecule has 0 spiro atoms. The van der Waals surface area contributed by atoms with Crippen LogP contribution in [0.4, 0.5) is 0 Å². The molecule has 0 bridgehead atoms. The molecule has 0 saturated carbocycles. The number of benzene rings is 1. The Balaban J connectivity index is 2.13. The van der Waals surface area contributed by atoms with E-state index in [4.69, 9.17) is 14.6 Å². The van der Waals surface area contributed by atoms with Crippen molar-refractivity contribution in [3.05, 3.63) is 46.1 Å². The number of aliphatic carboxylic acids is 1. The molecule has 1 aliphatic heterocycles. The summed E-state index contributed by atoms with van der Waals surface area (Å²) in [7, 11) is 1.49. The van der Waals surface area contributed by atoms with E-state index in [0.717, 1.165) is 12.0 Å². The van der Waals surface area contributed by atoms with Crippen molar-refractivity contribution in [2.75, 3.05) is 7.11 Å². The number of esters is 1. The number of allylic oxidation sites excluding steroid dienone is 3. The Morgan fingerprint density at radius 2 is 2.08 bits per heavy atom. The highest BCUT2D eigenvalue weighted by atomic mass is 16.5. The van der Waals surface area contributed by atoms with E-state index in [-0.39, 0.29) is 12.4 Å². The van der Waals surface area contributed by atoms with Crippen LogP contribution in [0.3, 0.4) is 0 Å². The Kier molecular flexibility index (Phi) is 5.85. The highest BCUT2D eigenvalue weighted by Crippen LogP contribution is 2.38. The summed E-state index contributed by atoms with van der Waals surface area (Å²) in [6.45, 7) is 3.59. The lowest BCUT2D eigenvalue weighted by molar-refractivity contribution is -0.132. The molecule has 1 heterocycles. The molecule has 0 amide bonds. The maximum atomic E-state index is 11.6. The molecule has 0 atom stereocenters. The highest BCUT2D eigenvalue weighted by Gasteiger charge is 2.28. The first-order valence-electron chi connectivity index (χ1n) is 7.99. The number of cyclic esters (lactones) is 1. The van der Waals surface area contributed by atoms with Gasteiger partial charge in [0, 0.05) is 16.7 Å². The van der Waals surface area contributed by atoms with Crippen LogP contribution < -0.4 is 4.74 Å². The molecule has 0 saturated heterocycles. The van der Waals surface area contributed by atoms with Crippen LogP contribution in [-0.2, 0) is 22.6 Å². The first-order chi connectivity index (χ1) is 11.8. The fourth-order valence-electron chi connectivity index (χ4n) is 2.64. The van der Waals surface area contributed by atoms with E-state index >= 15 is 0 Å². The third-order valence-electron chi connectivity index (χ3n) is 4.24. The number of hydrogen-bond acceptors (Lipinski definition) is 5. The molecule has 6 heteroatoms. The molecule has 0 radical (unpaired) electrons. The summed E-state index contributed by atoms with van der Waals surface area (Å²) in [5.41, 5.74) is 2.84. The minimum atomic E-state index is -0.911. The van der Waals surface area contributed by atoms with E-state index in [1.807, 2.05) is 13.0 Å². The molecular formula is C19H22O6. The van der Waals surface area contributed by atoms with E-state index in [1.54, 1.807) is 19.1 Å². The van der Waals surface area contributed by atoms with Crippen molar-refractivity contribution in [3.8, 4) is 11.5 Å². The quantitative estimate of drug-likeness (QED) is 0.447. The van der Waals surface area contributed by atoms with E-state index in [1.165, 1.54) is 7.11 Å². The molecule has 2 N–H and O–H groups in total. The van der Waals surface area contributed by atoms with Crippen molar-refractivity contribution in [2.24, 2.45) is 0 Å². The van der Waals surface area contributed by atoms with Crippen LogP contribution in [0.15, 0.2) is 29.4 Å². The normalized spacial score (nSPS) is 14.3. The molecule has 0 unspecified atom stereocenters. The van der Waals surface area contributed by atoms with Crippen LogP contribution in [0.25, 0.3) is 0 Å². The molecule has 25 heavy (non-hydrogen) atoms. The molecule has 0 aromatic heterocycles. The number of carboxylic acid groups (broad SMARTS) is 1. The lowest BCUT2D eigenvalue weighted by Crippen LogP contribution is -1.99. The summed E-state index contributed by atoms with van der Waals surface area (Å²) in [6.07, 6.45) is 5.46. The van der Waals surface area contributed by atoms with Crippen molar-refractivity contribution in [1.29, 1.82) is 0 Å². The van der Waals surface area contributed by atoms with Gasteiger partial charge in [0.05, 0.1) is 12.7 Å². The summed E-state index contributed by atoms with van der Waals surface area (Å²) in [5, 5.41) is 19.3. The van der Waals surface area contributed by atoms with Gasteiger partial charge in [-0.25, -0.2) is 9.59 Å². The van der Waals surface area contributed by atoms with Gasteiger partial charge in [0.1, 0.15) is 18.1 Å². The first kappa shape index (κ1) is 18.6. The Hall–Kier alpha value is -2.76. The van der Waals surface area contributed by atoms with Gasteiger partial charge < -0.3 is 19.7 Å². The number of carboxylic acids is 1. The van der Waals surface area contributed by atoms with Crippen molar-refractivity contribution in [2.45, 2.75) is 39.7 Å². The number of phenolic OH excluding ortho intramolecular Hbond substituents is 1. The second kappa shape index (κ2) is 7.88. The van der Waals surface area contributed by atoms with Crippen molar-refractivity contribution in [1.82, 2.24) is 0 Å². The van der Waals surface area contributed by atoms with Gasteiger partial charge in [-0.2, -0.15) is 0 Å². The Labute approximate surface area is 146 Å². The first-order valence-corrected chi connectivity index (χ1v) is 7.99. The van der Waals surface area contributed by atoms with Crippen molar-refractivity contribution >= 4 is 11.9 Å². The van der Waals surface area contributed by atoms with Crippen LogP contribution in [0.1, 0.15) is 48.2 Å². The van der Waals surface area contributed by atoms with Gasteiger partial charge in [-0.1, -0.05) is 17.7 Å². The van der Waals surface area contributed by atoms with Crippen molar-refractivity contribution in [3.63, 3.8) is 0 Å². The van der Waals surface area contributed by atoms with Gasteiger partial charge in [-0.05, 0) is 39.2 Å². The van der Waals surface area contributed by atoms with Gasteiger partial charge in [-0.15, -0.1) is 0 Å². The van der Waals surface area contributed by atoms with Gasteiger partial charge >= 0.3 is 11.9 Å². The second-order valence-corrected chi connectivity index (χ2v) is 5.99. The predicted molar refractivity (Wildman–Crippen MR) is 91.9 cm³/mol. The number of ether oxygens (including phenoxy) is 2. The number of rotatable bonds is 7. The fourth-order valence-corrected chi connectivity index (χ4v) is 2.64. The van der Waals surface area contributed by atoms with Crippen molar-refractivity contribution < 1.29 is 29.3 Å². The summed E-state index contributed by atoms with van der Waals surface area (Å²) in [4.78, 5) is 22.4. The third-order valence-corrected chi connectivity index (χ3v) is 4.24. The molecule has 0 aliphatic carbocycles. The Morgan fingerprint density at radius 3 is 2.72 bits per heavy atom. The fraction of sp³-hybridized carbons (Fsp3) is 0.368.